The summed E-state index contributed by atoms with van der Waals surface area (Å²) in [4.78, 5) is -0.820. The lowest BCUT2D eigenvalue weighted by atomic mass is 10.1. The molecule has 1 aromatic rings. The Kier molecular flexibility index (Phi) is 4.52. The first kappa shape index (κ1) is 16.9. The summed E-state index contributed by atoms with van der Waals surface area (Å²) in [6.07, 6.45) is -4.76. The number of aliphatic hydroxyl groups is 1. The van der Waals surface area contributed by atoms with Gasteiger partial charge >= 0.3 is 6.18 Å². The Morgan fingerprint density at radius 2 is 1.70 bits per heavy atom. The molecule has 0 unspecified atom stereocenters. The molecule has 0 aromatic heterocycles. The molecule has 0 spiro atoms. The molecule has 0 aliphatic heterocycles. The highest BCUT2D eigenvalue weighted by atomic mass is 32.2. The van der Waals surface area contributed by atoms with E-state index in [0.717, 1.165) is 19.2 Å². The molecule has 20 heavy (non-hydrogen) atoms. The number of halogens is 3. The van der Waals surface area contributed by atoms with Crippen LogP contribution in [0.3, 0.4) is 0 Å². The molecule has 0 saturated carbocycles. The fraction of sp³-hybridized carbons (Fsp3) is 0.500. The van der Waals surface area contributed by atoms with Crippen LogP contribution in [0.15, 0.2) is 29.2 Å². The summed E-state index contributed by atoms with van der Waals surface area (Å²) in [7, 11) is -3.21. The van der Waals surface area contributed by atoms with Crippen LogP contribution >= 0.6 is 0 Å². The van der Waals surface area contributed by atoms with Gasteiger partial charge in [0.05, 0.1) is 16.1 Å². The number of hydrogen-bond donors (Lipinski definition) is 1. The zero-order chi connectivity index (χ0) is 15.8. The minimum atomic E-state index is -4.76. The van der Waals surface area contributed by atoms with E-state index in [2.05, 4.69) is 0 Å². The van der Waals surface area contributed by atoms with Crippen LogP contribution in [-0.2, 0) is 16.2 Å². The van der Waals surface area contributed by atoms with Crippen molar-refractivity contribution in [2.75, 3.05) is 13.6 Å². The summed E-state index contributed by atoms with van der Waals surface area (Å²) in [5.41, 5.74) is -2.57. The largest absolute Gasteiger partial charge is 0.417 e. The molecule has 0 saturated heterocycles. The molecule has 0 fully saturated rings. The van der Waals surface area contributed by atoms with Crippen LogP contribution in [0.5, 0.6) is 0 Å². The standard InChI is InChI=1S/C12H16F3NO3S/c1-11(2,17)8-16(3)20(18,19)10-7-5-4-6-9(10)12(13,14)15/h4-7,17H,8H2,1-3H3. The van der Waals surface area contributed by atoms with E-state index in [-0.39, 0.29) is 6.54 Å². The fourth-order valence-electron chi connectivity index (χ4n) is 1.72. The number of rotatable bonds is 4. The van der Waals surface area contributed by atoms with Gasteiger partial charge in [-0.1, -0.05) is 12.1 Å². The van der Waals surface area contributed by atoms with Gasteiger partial charge in [-0.25, -0.2) is 8.42 Å². The van der Waals surface area contributed by atoms with Gasteiger partial charge in [-0.15, -0.1) is 0 Å². The quantitative estimate of drug-likeness (QED) is 0.926. The lowest BCUT2D eigenvalue weighted by molar-refractivity contribution is -0.139. The molecule has 0 radical (unpaired) electrons. The Morgan fingerprint density at radius 3 is 2.15 bits per heavy atom. The summed E-state index contributed by atoms with van der Waals surface area (Å²) < 4.78 is 63.6. The molecule has 114 valence electrons. The second-order valence-corrected chi connectivity index (χ2v) is 7.08. The zero-order valence-electron chi connectivity index (χ0n) is 11.3. The van der Waals surface area contributed by atoms with Gasteiger partial charge in [-0.3, -0.25) is 0 Å². The summed E-state index contributed by atoms with van der Waals surface area (Å²) in [6.45, 7) is 2.42. The van der Waals surface area contributed by atoms with Crippen LogP contribution in [0.2, 0.25) is 0 Å². The minimum absolute atomic E-state index is 0.318. The minimum Gasteiger partial charge on any atom is -0.389 e. The number of benzene rings is 1. The van der Waals surface area contributed by atoms with Crippen molar-refractivity contribution in [3.05, 3.63) is 29.8 Å². The molecule has 4 nitrogen and oxygen atoms in total. The molecule has 0 bridgehead atoms. The third-order valence-corrected chi connectivity index (χ3v) is 4.35. The average Bonchev–Trinajstić information content (AvgIpc) is 2.25. The number of nitrogens with zero attached hydrogens (tertiary/aromatic N) is 1. The first-order valence-electron chi connectivity index (χ1n) is 5.70. The van der Waals surface area contributed by atoms with Crippen molar-refractivity contribution in [3.63, 3.8) is 0 Å². The highest BCUT2D eigenvalue weighted by Crippen LogP contribution is 2.35. The highest BCUT2D eigenvalue weighted by Gasteiger charge is 2.38. The van der Waals surface area contributed by atoms with Crippen molar-refractivity contribution >= 4 is 10.0 Å². The zero-order valence-corrected chi connectivity index (χ0v) is 12.1. The third kappa shape index (κ3) is 3.94. The van der Waals surface area contributed by atoms with E-state index in [9.17, 15) is 26.7 Å². The summed E-state index contributed by atoms with van der Waals surface area (Å²) in [5, 5.41) is 9.60. The molecule has 0 amide bonds. The van der Waals surface area contributed by atoms with Gasteiger partial charge in [0.2, 0.25) is 10.0 Å². The maximum atomic E-state index is 12.8. The number of hydrogen-bond acceptors (Lipinski definition) is 3. The summed E-state index contributed by atoms with van der Waals surface area (Å²) in [5.74, 6) is 0. The summed E-state index contributed by atoms with van der Waals surface area (Å²) >= 11 is 0. The Labute approximate surface area is 115 Å². The number of sulfonamides is 1. The fourth-order valence-corrected chi connectivity index (χ4v) is 3.26. The van der Waals surface area contributed by atoms with Gasteiger partial charge in [-0.05, 0) is 26.0 Å². The SMILES string of the molecule is CN(CC(C)(C)O)S(=O)(=O)c1ccccc1C(F)(F)F. The molecule has 0 heterocycles. The molecule has 0 atom stereocenters. The predicted molar refractivity (Wildman–Crippen MR) is 67.6 cm³/mol. The molecular weight excluding hydrogens is 295 g/mol. The van der Waals surface area contributed by atoms with Crippen LogP contribution in [0.4, 0.5) is 13.2 Å². The normalized spacial score (nSPS) is 13.8. The molecule has 0 aliphatic carbocycles. The van der Waals surface area contributed by atoms with Gasteiger partial charge < -0.3 is 5.11 Å². The van der Waals surface area contributed by atoms with E-state index in [4.69, 9.17) is 0 Å². The van der Waals surface area contributed by atoms with Crippen LogP contribution in [0.1, 0.15) is 19.4 Å². The van der Waals surface area contributed by atoms with Crippen molar-refractivity contribution in [1.82, 2.24) is 4.31 Å². The maximum Gasteiger partial charge on any atom is 0.417 e. The molecule has 1 rings (SSSR count). The van der Waals surface area contributed by atoms with E-state index >= 15 is 0 Å². The molecule has 8 heteroatoms. The van der Waals surface area contributed by atoms with E-state index in [1.165, 1.54) is 19.9 Å². The second-order valence-electron chi connectivity index (χ2n) is 5.07. The van der Waals surface area contributed by atoms with E-state index < -0.39 is 32.3 Å². The molecule has 1 N–H and O–H groups in total. The van der Waals surface area contributed by atoms with Crippen LogP contribution in [0, 0.1) is 0 Å². The topological polar surface area (TPSA) is 57.6 Å². The summed E-state index contributed by atoms with van der Waals surface area (Å²) in [6, 6.07) is 3.96. The monoisotopic (exact) mass is 311 g/mol. The van der Waals surface area contributed by atoms with Crippen molar-refractivity contribution < 1.29 is 26.7 Å². The Hall–Kier alpha value is -1.12. The predicted octanol–water partition coefficient (Wildman–Crippen LogP) is 2.10. The van der Waals surface area contributed by atoms with Crippen molar-refractivity contribution in [2.24, 2.45) is 0 Å². The first-order chi connectivity index (χ1) is 8.86. The number of alkyl halides is 3. The van der Waals surface area contributed by atoms with Gasteiger partial charge in [0.25, 0.3) is 0 Å². The Morgan fingerprint density at radius 1 is 1.20 bits per heavy atom. The van der Waals surface area contributed by atoms with Crippen LogP contribution < -0.4 is 0 Å². The van der Waals surface area contributed by atoms with Gasteiger partial charge in [-0.2, -0.15) is 17.5 Å². The van der Waals surface area contributed by atoms with Crippen LogP contribution in [0.25, 0.3) is 0 Å². The Balaban J connectivity index is 3.30. The third-order valence-electron chi connectivity index (χ3n) is 2.49. The second kappa shape index (κ2) is 5.34. The van der Waals surface area contributed by atoms with E-state index in [1.54, 1.807) is 0 Å². The average molecular weight is 311 g/mol. The van der Waals surface area contributed by atoms with Gasteiger partial charge in [0, 0.05) is 13.6 Å². The van der Waals surface area contributed by atoms with Crippen molar-refractivity contribution in [1.29, 1.82) is 0 Å². The number of likely N-dealkylation sites (N-methyl/N-ethyl adjacent to an activating group) is 1. The lowest BCUT2D eigenvalue weighted by Gasteiger charge is -2.26. The first-order valence-corrected chi connectivity index (χ1v) is 7.14. The molecule has 1 aromatic carbocycles. The van der Waals surface area contributed by atoms with E-state index in [1.807, 2.05) is 0 Å². The maximum absolute atomic E-state index is 12.8. The van der Waals surface area contributed by atoms with E-state index in [0.29, 0.717) is 10.4 Å². The smallest absolute Gasteiger partial charge is 0.389 e. The van der Waals surface area contributed by atoms with Crippen molar-refractivity contribution in [3.8, 4) is 0 Å². The Bertz CT molecular complexity index is 576. The lowest BCUT2D eigenvalue weighted by Crippen LogP contribution is -2.40. The van der Waals surface area contributed by atoms with Crippen LogP contribution in [-0.4, -0.2) is 37.0 Å². The highest BCUT2D eigenvalue weighted by molar-refractivity contribution is 7.89. The van der Waals surface area contributed by atoms with Crippen molar-refractivity contribution in [2.45, 2.75) is 30.5 Å². The molecular formula is C12H16F3NO3S. The van der Waals surface area contributed by atoms with Gasteiger partial charge in [0.15, 0.2) is 0 Å². The molecule has 0 aliphatic rings. The van der Waals surface area contributed by atoms with Gasteiger partial charge in [0.1, 0.15) is 0 Å².